The lowest BCUT2D eigenvalue weighted by Gasteiger charge is -2.32. The largest absolute Gasteiger partial charge is 0.495 e. The number of nitrogens with one attached hydrogen (secondary N) is 1. The lowest BCUT2D eigenvalue weighted by Crippen LogP contribution is -2.41. The molecule has 1 aliphatic heterocycles. The lowest BCUT2D eigenvalue weighted by molar-refractivity contribution is 0.00578. The van der Waals surface area contributed by atoms with Gasteiger partial charge in [0.05, 0.1) is 11.2 Å². The first-order chi connectivity index (χ1) is 11.3. The number of hydrogen-bond acceptors (Lipinski definition) is 4. The summed E-state index contributed by atoms with van der Waals surface area (Å²) in [7, 11) is -0.698. The van der Waals surface area contributed by atoms with E-state index in [2.05, 4.69) is 5.32 Å². The van der Waals surface area contributed by atoms with Crippen molar-refractivity contribution in [2.75, 3.05) is 0 Å². The Balaban J connectivity index is 2.19. The topological polar surface area (TPSA) is 56.8 Å². The van der Waals surface area contributed by atoms with E-state index < -0.39 is 35.8 Å². The summed E-state index contributed by atoms with van der Waals surface area (Å²) in [5.74, 6) is -0.428. The molecule has 2 rings (SSSR count). The van der Waals surface area contributed by atoms with Crippen molar-refractivity contribution in [3.63, 3.8) is 0 Å². The SMILES string of the molecule is CC(C)(C)OC(=O)NCc1c(F)cccc1B1OC(C)(C)C(C)(C)O1. The highest BCUT2D eigenvalue weighted by Crippen LogP contribution is 2.36. The molecule has 0 aliphatic carbocycles. The molecule has 1 heterocycles. The average Bonchev–Trinajstić information content (AvgIpc) is 2.63. The second-order valence-electron chi connectivity index (χ2n) is 8.25. The number of amides is 1. The molecule has 1 amide bonds. The number of hydrogen-bond donors (Lipinski definition) is 1. The molecule has 0 unspecified atom stereocenters. The maximum atomic E-state index is 14.4. The highest BCUT2D eigenvalue weighted by molar-refractivity contribution is 6.62. The standard InChI is InChI=1S/C18H27BFNO4/c1-16(2,3)23-15(22)21-11-12-13(9-8-10-14(12)20)19-24-17(4,5)18(6,7)25-19/h8-10H,11H2,1-7H3,(H,21,22). The maximum Gasteiger partial charge on any atom is 0.495 e. The van der Waals surface area contributed by atoms with Gasteiger partial charge >= 0.3 is 13.2 Å². The van der Waals surface area contributed by atoms with Crippen molar-refractivity contribution in [1.29, 1.82) is 0 Å². The Kier molecular flexibility index (Phi) is 5.22. The van der Waals surface area contributed by atoms with E-state index in [0.717, 1.165) is 0 Å². The van der Waals surface area contributed by atoms with Crippen molar-refractivity contribution >= 4 is 18.7 Å². The summed E-state index contributed by atoms with van der Waals surface area (Å²) >= 11 is 0. The van der Waals surface area contributed by atoms with Gasteiger partial charge in [0.25, 0.3) is 0 Å². The Labute approximate surface area is 149 Å². The van der Waals surface area contributed by atoms with Gasteiger partial charge in [-0.2, -0.15) is 0 Å². The molecule has 1 aromatic rings. The van der Waals surface area contributed by atoms with Gasteiger partial charge in [-0.15, -0.1) is 0 Å². The maximum absolute atomic E-state index is 14.4. The predicted octanol–water partition coefficient (Wildman–Crippen LogP) is 3.15. The highest BCUT2D eigenvalue weighted by atomic mass is 19.1. The van der Waals surface area contributed by atoms with Crippen LogP contribution in [-0.2, 0) is 20.6 Å². The molecule has 1 aromatic carbocycles. The summed E-state index contributed by atoms with van der Waals surface area (Å²) in [6.07, 6.45) is -0.601. The van der Waals surface area contributed by atoms with Gasteiger partial charge in [-0.3, -0.25) is 0 Å². The smallest absolute Gasteiger partial charge is 0.444 e. The van der Waals surface area contributed by atoms with Crippen molar-refractivity contribution in [1.82, 2.24) is 5.32 Å². The molecule has 0 atom stereocenters. The first-order valence-electron chi connectivity index (χ1n) is 8.42. The van der Waals surface area contributed by atoms with E-state index in [1.807, 2.05) is 27.7 Å². The Morgan fingerprint density at radius 2 is 1.76 bits per heavy atom. The van der Waals surface area contributed by atoms with Crippen LogP contribution in [0, 0.1) is 5.82 Å². The van der Waals surface area contributed by atoms with Gasteiger partial charge in [-0.05, 0) is 60.0 Å². The summed E-state index contributed by atoms with van der Waals surface area (Å²) in [6.45, 7) is 13.0. The number of benzene rings is 1. The van der Waals surface area contributed by atoms with E-state index >= 15 is 0 Å². The molecule has 0 spiro atoms. The molecular formula is C18H27BFNO4. The zero-order valence-corrected chi connectivity index (χ0v) is 16.0. The molecule has 1 aliphatic rings. The summed E-state index contributed by atoms with van der Waals surface area (Å²) in [5.41, 5.74) is -0.783. The van der Waals surface area contributed by atoms with Crippen LogP contribution in [0.4, 0.5) is 9.18 Å². The number of rotatable bonds is 3. The number of carbonyl (C=O) groups is 1. The molecule has 5 nitrogen and oxygen atoms in total. The number of alkyl carbamates (subject to hydrolysis) is 1. The van der Waals surface area contributed by atoms with Gasteiger partial charge in [0, 0.05) is 12.1 Å². The van der Waals surface area contributed by atoms with Crippen molar-refractivity contribution in [2.45, 2.75) is 71.8 Å². The predicted molar refractivity (Wildman–Crippen MR) is 95.2 cm³/mol. The Hall–Kier alpha value is -1.60. The Morgan fingerprint density at radius 3 is 2.28 bits per heavy atom. The minimum atomic E-state index is -0.698. The van der Waals surface area contributed by atoms with E-state index in [1.54, 1.807) is 32.9 Å². The van der Waals surface area contributed by atoms with Crippen molar-refractivity contribution in [3.8, 4) is 0 Å². The van der Waals surface area contributed by atoms with Gasteiger partial charge in [0.2, 0.25) is 0 Å². The molecule has 0 bridgehead atoms. The fourth-order valence-corrected chi connectivity index (χ4v) is 2.43. The van der Waals surface area contributed by atoms with Gasteiger partial charge < -0.3 is 19.4 Å². The fraction of sp³-hybridized carbons (Fsp3) is 0.611. The first-order valence-corrected chi connectivity index (χ1v) is 8.42. The second kappa shape index (κ2) is 6.61. The van der Waals surface area contributed by atoms with Crippen molar-refractivity contribution in [2.24, 2.45) is 0 Å². The number of carbonyl (C=O) groups excluding carboxylic acids is 1. The monoisotopic (exact) mass is 351 g/mol. The minimum Gasteiger partial charge on any atom is -0.444 e. The number of halogens is 1. The Bertz CT molecular complexity index is 639. The number of ether oxygens (including phenoxy) is 1. The third-order valence-electron chi connectivity index (χ3n) is 4.47. The van der Waals surface area contributed by atoms with Crippen LogP contribution in [0.15, 0.2) is 18.2 Å². The van der Waals surface area contributed by atoms with Crippen LogP contribution >= 0.6 is 0 Å². The zero-order valence-electron chi connectivity index (χ0n) is 16.0. The molecule has 0 saturated carbocycles. The van der Waals surface area contributed by atoms with Crippen LogP contribution in [0.3, 0.4) is 0 Å². The molecule has 7 heteroatoms. The summed E-state index contributed by atoms with van der Waals surface area (Å²) in [6, 6.07) is 4.70. The second-order valence-corrected chi connectivity index (χ2v) is 8.25. The molecule has 1 fully saturated rings. The molecule has 25 heavy (non-hydrogen) atoms. The van der Waals surface area contributed by atoms with Gasteiger partial charge in [-0.1, -0.05) is 12.1 Å². The molecular weight excluding hydrogens is 324 g/mol. The lowest BCUT2D eigenvalue weighted by atomic mass is 9.75. The van der Waals surface area contributed by atoms with Crippen LogP contribution in [0.5, 0.6) is 0 Å². The van der Waals surface area contributed by atoms with Gasteiger partial charge in [-0.25, -0.2) is 9.18 Å². The molecule has 0 radical (unpaired) electrons. The van der Waals surface area contributed by atoms with Crippen molar-refractivity contribution in [3.05, 3.63) is 29.6 Å². The summed E-state index contributed by atoms with van der Waals surface area (Å²) < 4.78 is 31.6. The molecule has 1 saturated heterocycles. The third-order valence-corrected chi connectivity index (χ3v) is 4.47. The van der Waals surface area contributed by atoms with E-state index in [-0.39, 0.29) is 6.54 Å². The van der Waals surface area contributed by atoms with E-state index in [0.29, 0.717) is 11.0 Å². The summed E-state index contributed by atoms with van der Waals surface area (Å²) in [5, 5.41) is 2.59. The van der Waals surface area contributed by atoms with E-state index in [1.165, 1.54) is 6.07 Å². The van der Waals surface area contributed by atoms with Crippen LogP contribution < -0.4 is 10.8 Å². The van der Waals surface area contributed by atoms with Gasteiger partial charge in [0.1, 0.15) is 11.4 Å². The third kappa shape index (κ3) is 4.52. The summed E-state index contributed by atoms with van der Waals surface area (Å²) in [4.78, 5) is 11.9. The van der Waals surface area contributed by atoms with E-state index in [4.69, 9.17) is 14.0 Å². The molecule has 0 aromatic heterocycles. The van der Waals surface area contributed by atoms with Crippen LogP contribution in [0.2, 0.25) is 0 Å². The van der Waals surface area contributed by atoms with Crippen LogP contribution in [0.25, 0.3) is 0 Å². The van der Waals surface area contributed by atoms with Crippen molar-refractivity contribution < 1.29 is 23.2 Å². The van der Waals surface area contributed by atoms with Gasteiger partial charge in [0.15, 0.2) is 0 Å². The first kappa shape index (κ1) is 19.7. The molecule has 138 valence electrons. The Morgan fingerprint density at radius 1 is 1.20 bits per heavy atom. The van der Waals surface area contributed by atoms with Crippen LogP contribution in [0.1, 0.15) is 54.0 Å². The minimum absolute atomic E-state index is 0.0129. The fourth-order valence-electron chi connectivity index (χ4n) is 2.43. The highest BCUT2D eigenvalue weighted by Gasteiger charge is 2.52. The quantitative estimate of drug-likeness (QED) is 0.850. The zero-order chi connectivity index (χ0) is 19.0. The van der Waals surface area contributed by atoms with E-state index in [9.17, 15) is 9.18 Å². The molecule has 1 N–H and O–H groups in total. The average molecular weight is 351 g/mol. The van der Waals surface area contributed by atoms with Crippen LogP contribution in [-0.4, -0.2) is 30.0 Å². The normalized spacial score (nSPS) is 19.0.